The lowest BCUT2D eigenvalue weighted by Crippen LogP contribution is -2.57. The molecule has 35 heavy (non-hydrogen) atoms. The summed E-state index contributed by atoms with van der Waals surface area (Å²) in [7, 11) is 0. The standard InChI is InChI=1S/C28H30ClN3O2S/c1-19-7-9-21(10-8-19)27-23-12-16-35-25(23)11-13-31(27)18-26(33)30-14-15-32(20(2)17-30)28(34)22-5-3-4-6-24(22)29/h3-10,12,16,20,27H,11,13-15,17-18H2,1-2H3/t20-,27-/m0/s1. The van der Waals surface area contributed by atoms with E-state index in [0.717, 1.165) is 13.0 Å². The van der Waals surface area contributed by atoms with E-state index in [2.05, 4.69) is 47.5 Å². The first-order valence-electron chi connectivity index (χ1n) is 12.1. The van der Waals surface area contributed by atoms with E-state index in [1.165, 1.54) is 21.6 Å². The van der Waals surface area contributed by atoms with E-state index >= 15 is 0 Å². The molecule has 2 atom stereocenters. The third-order valence-electron chi connectivity index (χ3n) is 7.14. The normalized spacial score (nSPS) is 20.5. The van der Waals surface area contributed by atoms with Gasteiger partial charge in [0.2, 0.25) is 5.91 Å². The lowest BCUT2D eigenvalue weighted by atomic mass is 9.92. The number of benzene rings is 2. The summed E-state index contributed by atoms with van der Waals surface area (Å²) >= 11 is 8.07. The number of hydrogen-bond donors (Lipinski definition) is 0. The van der Waals surface area contributed by atoms with Crippen molar-refractivity contribution in [2.24, 2.45) is 0 Å². The molecule has 2 aliphatic rings. The largest absolute Gasteiger partial charge is 0.338 e. The quantitative estimate of drug-likeness (QED) is 0.497. The third kappa shape index (κ3) is 4.88. The van der Waals surface area contributed by atoms with Crippen molar-refractivity contribution in [3.8, 4) is 0 Å². The first-order valence-corrected chi connectivity index (χ1v) is 13.4. The molecule has 1 fully saturated rings. The summed E-state index contributed by atoms with van der Waals surface area (Å²) in [6, 6.07) is 18.0. The molecule has 0 bridgehead atoms. The van der Waals surface area contributed by atoms with Crippen LogP contribution in [0.5, 0.6) is 0 Å². The van der Waals surface area contributed by atoms with Gasteiger partial charge in [-0.15, -0.1) is 11.3 Å². The molecule has 3 aromatic rings. The van der Waals surface area contributed by atoms with Crippen LogP contribution < -0.4 is 0 Å². The number of carbonyl (C=O) groups excluding carboxylic acids is 2. The molecule has 0 saturated carbocycles. The molecule has 0 spiro atoms. The van der Waals surface area contributed by atoms with Crippen molar-refractivity contribution in [2.75, 3.05) is 32.7 Å². The van der Waals surface area contributed by atoms with Crippen molar-refractivity contribution in [2.45, 2.75) is 32.4 Å². The highest BCUT2D eigenvalue weighted by atomic mass is 35.5. The van der Waals surface area contributed by atoms with Gasteiger partial charge in [-0.3, -0.25) is 14.5 Å². The second-order valence-electron chi connectivity index (χ2n) is 9.50. The lowest BCUT2D eigenvalue weighted by molar-refractivity contribution is -0.135. The molecular weight excluding hydrogens is 478 g/mol. The molecule has 5 rings (SSSR count). The molecule has 2 aromatic carbocycles. The van der Waals surface area contributed by atoms with Crippen molar-refractivity contribution in [1.29, 1.82) is 0 Å². The molecule has 0 N–H and O–H groups in total. The predicted molar refractivity (Wildman–Crippen MR) is 141 cm³/mol. The molecule has 3 heterocycles. The molecule has 0 aliphatic carbocycles. The summed E-state index contributed by atoms with van der Waals surface area (Å²) in [5.74, 6) is 0.0492. The van der Waals surface area contributed by atoms with Crippen LogP contribution in [0.4, 0.5) is 0 Å². The van der Waals surface area contributed by atoms with E-state index in [-0.39, 0.29) is 23.9 Å². The van der Waals surface area contributed by atoms with Crippen LogP contribution in [0.15, 0.2) is 60.0 Å². The number of amides is 2. The summed E-state index contributed by atoms with van der Waals surface area (Å²) in [5.41, 5.74) is 4.30. The Balaban J connectivity index is 1.28. The van der Waals surface area contributed by atoms with Gasteiger partial charge in [-0.05, 0) is 55.0 Å². The van der Waals surface area contributed by atoms with Crippen molar-refractivity contribution in [1.82, 2.24) is 14.7 Å². The Hall–Kier alpha value is -2.67. The van der Waals surface area contributed by atoms with Crippen molar-refractivity contribution in [3.63, 3.8) is 0 Å². The Morgan fingerprint density at radius 1 is 1.03 bits per heavy atom. The number of halogens is 1. The maximum Gasteiger partial charge on any atom is 0.255 e. The van der Waals surface area contributed by atoms with Crippen molar-refractivity contribution < 1.29 is 9.59 Å². The molecule has 0 radical (unpaired) electrons. The van der Waals surface area contributed by atoms with E-state index in [0.29, 0.717) is 36.8 Å². The first kappa shape index (κ1) is 24.0. The first-order chi connectivity index (χ1) is 16.9. The smallest absolute Gasteiger partial charge is 0.255 e. The van der Waals surface area contributed by atoms with Gasteiger partial charge in [0, 0.05) is 37.1 Å². The van der Waals surface area contributed by atoms with Crippen LogP contribution >= 0.6 is 22.9 Å². The van der Waals surface area contributed by atoms with Crippen LogP contribution in [0.25, 0.3) is 0 Å². The van der Waals surface area contributed by atoms with E-state index in [4.69, 9.17) is 11.6 Å². The molecule has 0 unspecified atom stereocenters. The van der Waals surface area contributed by atoms with Crippen molar-refractivity contribution in [3.05, 3.63) is 92.1 Å². The summed E-state index contributed by atoms with van der Waals surface area (Å²) in [4.78, 5) is 34.0. The number of hydrogen-bond acceptors (Lipinski definition) is 4. The van der Waals surface area contributed by atoms with E-state index in [1.54, 1.807) is 12.1 Å². The van der Waals surface area contributed by atoms with Crippen LogP contribution in [-0.4, -0.2) is 65.3 Å². The molecule has 1 saturated heterocycles. The number of rotatable bonds is 4. The summed E-state index contributed by atoms with van der Waals surface area (Å²) < 4.78 is 0. The lowest BCUT2D eigenvalue weighted by Gasteiger charge is -2.42. The van der Waals surface area contributed by atoms with Gasteiger partial charge in [-0.1, -0.05) is 53.6 Å². The molecule has 5 nitrogen and oxygen atoms in total. The Morgan fingerprint density at radius 3 is 2.54 bits per heavy atom. The van der Waals surface area contributed by atoms with E-state index < -0.39 is 0 Å². The Labute approximate surface area is 215 Å². The highest BCUT2D eigenvalue weighted by molar-refractivity contribution is 7.10. The zero-order chi connectivity index (χ0) is 24.5. The highest BCUT2D eigenvalue weighted by Gasteiger charge is 2.35. The second-order valence-corrected chi connectivity index (χ2v) is 10.9. The number of nitrogens with zero attached hydrogens (tertiary/aromatic N) is 3. The minimum atomic E-state index is -0.0748. The summed E-state index contributed by atoms with van der Waals surface area (Å²) in [6.45, 7) is 6.90. The third-order valence-corrected chi connectivity index (χ3v) is 8.47. The Bertz CT molecular complexity index is 1220. The van der Waals surface area contributed by atoms with Crippen LogP contribution in [0.2, 0.25) is 5.02 Å². The Kier molecular flexibility index (Phi) is 6.96. The maximum atomic E-state index is 13.5. The average Bonchev–Trinajstić information content (AvgIpc) is 3.33. The van der Waals surface area contributed by atoms with Gasteiger partial charge >= 0.3 is 0 Å². The molecule has 7 heteroatoms. The number of piperazine rings is 1. The Morgan fingerprint density at radius 2 is 1.80 bits per heavy atom. The predicted octanol–water partition coefficient (Wildman–Crippen LogP) is 5.03. The van der Waals surface area contributed by atoms with Gasteiger partial charge in [-0.25, -0.2) is 0 Å². The van der Waals surface area contributed by atoms with Crippen LogP contribution in [0.1, 0.15) is 44.9 Å². The fraction of sp³-hybridized carbons (Fsp3) is 0.357. The minimum Gasteiger partial charge on any atom is -0.338 e. The van der Waals surface area contributed by atoms with Crippen LogP contribution in [-0.2, 0) is 11.2 Å². The molecule has 1 aromatic heterocycles. The minimum absolute atomic E-state index is 0.0735. The average molecular weight is 508 g/mol. The SMILES string of the molecule is Cc1ccc([C@H]2c3ccsc3CCN2CC(=O)N2CCN(C(=O)c3ccccc3Cl)[C@@H](C)C2)cc1. The fourth-order valence-electron chi connectivity index (χ4n) is 5.23. The van der Waals surface area contributed by atoms with Gasteiger partial charge in [0.25, 0.3) is 5.91 Å². The van der Waals surface area contributed by atoms with Gasteiger partial charge in [-0.2, -0.15) is 0 Å². The molecule has 2 amide bonds. The monoisotopic (exact) mass is 507 g/mol. The maximum absolute atomic E-state index is 13.5. The van der Waals surface area contributed by atoms with Gasteiger partial charge in [0.15, 0.2) is 0 Å². The molecule has 2 aliphatic heterocycles. The number of thiophene rings is 1. The van der Waals surface area contributed by atoms with Gasteiger partial charge in [0.05, 0.1) is 23.2 Å². The second kappa shape index (κ2) is 10.1. The summed E-state index contributed by atoms with van der Waals surface area (Å²) in [6.07, 6.45) is 0.971. The number of carbonyl (C=O) groups is 2. The number of aryl methyl sites for hydroxylation is 1. The van der Waals surface area contributed by atoms with E-state index in [1.807, 2.05) is 40.2 Å². The van der Waals surface area contributed by atoms with Crippen LogP contribution in [0, 0.1) is 6.92 Å². The van der Waals surface area contributed by atoms with Crippen molar-refractivity contribution >= 4 is 34.8 Å². The fourth-order valence-corrected chi connectivity index (χ4v) is 6.35. The van der Waals surface area contributed by atoms with Crippen LogP contribution in [0.3, 0.4) is 0 Å². The van der Waals surface area contributed by atoms with Gasteiger partial charge < -0.3 is 9.80 Å². The number of fused-ring (bicyclic) bond motifs is 1. The molecule has 182 valence electrons. The highest BCUT2D eigenvalue weighted by Crippen LogP contribution is 2.37. The zero-order valence-corrected chi connectivity index (χ0v) is 21.7. The zero-order valence-electron chi connectivity index (χ0n) is 20.1. The molecular formula is C28H30ClN3O2S. The van der Waals surface area contributed by atoms with E-state index in [9.17, 15) is 9.59 Å². The summed E-state index contributed by atoms with van der Waals surface area (Å²) in [5, 5.41) is 2.62. The topological polar surface area (TPSA) is 43.9 Å². The van der Waals surface area contributed by atoms with Gasteiger partial charge in [0.1, 0.15) is 0 Å².